The van der Waals surface area contributed by atoms with E-state index in [4.69, 9.17) is 0 Å². The molecule has 4 aromatic rings. The lowest BCUT2D eigenvalue weighted by Crippen LogP contribution is -2.15. The Morgan fingerprint density at radius 1 is 0.893 bits per heavy atom. The largest absolute Gasteiger partial charge is 0.348 e. The third kappa shape index (κ3) is 3.99. The third-order valence-corrected chi connectivity index (χ3v) is 4.55. The van der Waals surface area contributed by atoms with Gasteiger partial charge in [-0.3, -0.25) is 4.79 Å². The Hall–Kier alpha value is -3.73. The molecule has 1 amide bonds. The van der Waals surface area contributed by atoms with Crippen LogP contribution in [0.1, 0.15) is 28.9 Å². The number of hydrogen-bond donors (Lipinski definition) is 2. The number of amides is 1. The fourth-order valence-corrected chi connectivity index (χ4v) is 3.04. The van der Waals surface area contributed by atoms with E-state index in [2.05, 4.69) is 20.6 Å². The summed E-state index contributed by atoms with van der Waals surface area (Å²) in [6, 6.07) is 25.4. The number of carbonyl (C=O) groups excluding carboxylic acids is 1. The van der Waals surface area contributed by atoms with Crippen molar-refractivity contribution in [2.45, 2.75) is 13.0 Å². The first kappa shape index (κ1) is 17.7. The van der Waals surface area contributed by atoms with Crippen LogP contribution in [0.3, 0.4) is 0 Å². The third-order valence-electron chi connectivity index (χ3n) is 4.55. The second kappa shape index (κ2) is 7.88. The number of anilines is 2. The van der Waals surface area contributed by atoms with Crippen LogP contribution in [0.4, 0.5) is 11.8 Å². The Morgan fingerprint density at radius 2 is 1.64 bits per heavy atom. The zero-order valence-corrected chi connectivity index (χ0v) is 15.5. The van der Waals surface area contributed by atoms with Crippen LogP contribution in [-0.2, 0) is 0 Å². The van der Waals surface area contributed by atoms with Crippen molar-refractivity contribution in [3.05, 3.63) is 96.2 Å². The Morgan fingerprint density at radius 3 is 2.46 bits per heavy atom. The number of fused-ring (bicyclic) bond motifs is 1. The topological polar surface area (TPSA) is 66.9 Å². The van der Waals surface area contributed by atoms with Crippen LogP contribution in [0.5, 0.6) is 0 Å². The van der Waals surface area contributed by atoms with Gasteiger partial charge in [0.25, 0.3) is 5.91 Å². The minimum Gasteiger partial charge on any atom is -0.348 e. The lowest BCUT2D eigenvalue weighted by atomic mass is 10.1. The maximum absolute atomic E-state index is 12.6. The number of rotatable bonds is 5. The summed E-state index contributed by atoms with van der Waals surface area (Å²) in [6.45, 7) is 2.04. The van der Waals surface area contributed by atoms with E-state index in [-0.39, 0.29) is 11.9 Å². The molecule has 1 aromatic heterocycles. The van der Waals surface area contributed by atoms with Gasteiger partial charge in [-0.25, -0.2) is 4.98 Å². The standard InChI is InChI=1S/C23H20N4O/c1-16(17-7-3-2-4-8-17)25-23-24-14-13-21(27-23)26-22(28)20-12-11-18-9-5-6-10-19(18)15-20/h2-16H,1H3,(H2,24,25,26,27,28). The molecular weight excluding hydrogens is 348 g/mol. The van der Waals surface area contributed by atoms with Crippen LogP contribution in [0.25, 0.3) is 10.8 Å². The van der Waals surface area contributed by atoms with Gasteiger partial charge in [-0.05, 0) is 41.5 Å². The minimum atomic E-state index is -0.202. The second-order valence-corrected chi connectivity index (χ2v) is 6.56. The summed E-state index contributed by atoms with van der Waals surface area (Å²) in [5, 5.41) is 8.23. The first-order chi connectivity index (χ1) is 13.7. The number of carbonyl (C=O) groups is 1. The van der Waals surface area contributed by atoms with E-state index in [1.165, 1.54) is 0 Å². The molecule has 1 heterocycles. The maximum Gasteiger partial charge on any atom is 0.256 e. The average molecular weight is 368 g/mol. The molecule has 3 aromatic carbocycles. The molecule has 0 aliphatic rings. The summed E-state index contributed by atoms with van der Waals surface area (Å²) in [6.07, 6.45) is 1.63. The fraction of sp³-hybridized carbons (Fsp3) is 0.0870. The van der Waals surface area contributed by atoms with Crippen molar-refractivity contribution in [3.63, 3.8) is 0 Å². The van der Waals surface area contributed by atoms with Gasteiger partial charge >= 0.3 is 0 Å². The van der Waals surface area contributed by atoms with Gasteiger partial charge in [0.05, 0.1) is 6.04 Å². The summed E-state index contributed by atoms with van der Waals surface area (Å²) in [7, 11) is 0. The molecule has 5 heteroatoms. The normalized spacial score (nSPS) is 11.8. The summed E-state index contributed by atoms with van der Waals surface area (Å²) >= 11 is 0. The molecule has 0 aliphatic heterocycles. The fourth-order valence-electron chi connectivity index (χ4n) is 3.04. The van der Waals surface area contributed by atoms with Crippen molar-refractivity contribution < 1.29 is 4.79 Å². The first-order valence-electron chi connectivity index (χ1n) is 9.14. The second-order valence-electron chi connectivity index (χ2n) is 6.56. The van der Waals surface area contributed by atoms with E-state index < -0.39 is 0 Å². The predicted molar refractivity (Wildman–Crippen MR) is 112 cm³/mol. The van der Waals surface area contributed by atoms with Crippen molar-refractivity contribution >= 4 is 28.4 Å². The molecule has 0 saturated heterocycles. The molecule has 0 bridgehead atoms. The maximum atomic E-state index is 12.6. The van der Waals surface area contributed by atoms with Crippen LogP contribution in [-0.4, -0.2) is 15.9 Å². The number of nitrogens with zero attached hydrogens (tertiary/aromatic N) is 2. The first-order valence-corrected chi connectivity index (χ1v) is 9.14. The Bertz CT molecular complexity index is 1110. The lowest BCUT2D eigenvalue weighted by Gasteiger charge is -2.14. The van der Waals surface area contributed by atoms with Crippen LogP contribution in [0.2, 0.25) is 0 Å². The Labute approximate surface area is 163 Å². The molecule has 5 nitrogen and oxygen atoms in total. The van der Waals surface area contributed by atoms with Crippen molar-refractivity contribution in [2.75, 3.05) is 10.6 Å². The van der Waals surface area contributed by atoms with Crippen molar-refractivity contribution in [1.29, 1.82) is 0 Å². The molecule has 1 unspecified atom stereocenters. The van der Waals surface area contributed by atoms with Gasteiger partial charge in [0.1, 0.15) is 5.82 Å². The van der Waals surface area contributed by atoms with Gasteiger partial charge in [-0.15, -0.1) is 0 Å². The highest BCUT2D eigenvalue weighted by atomic mass is 16.1. The number of aromatic nitrogens is 2. The SMILES string of the molecule is CC(Nc1nccc(NC(=O)c2ccc3ccccc3c2)n1)c1ccccc1. The van der Waals surface area contributed by atoms with E-state index in [1.807, 2.05) is 79.7 Å². The molecule has 28 heavy (non-hydrogen) atoms. The van der Waals surface area contributed by atoms with Crippen LogP contribution >= 0.6 is 0 Å². The molecule has 4 rings (SSSR count). The summed E-state index contributed by atoms with van der Waals surface area (Å²) in [5.74, 6) is 0.718. The van der Waals surface area contributed by atoms with Crippen LogP contribution < -0.4 is 10.6 Å². The Kier molecular flexibility index (Phi) is 4.97. The van der Waals surface area contributed by atoms with E-state index >= 15 is 0 Å². The van der Waals surface area contributed by atoms with Crippen LogP contribution in [0, 0.1) is 0 Å². The predicted octanol–water partition coefficient (Wildman–Crippen LogP) is 5.06. The molecular formula is C23H20N4O. The van der Waals surface area contributed by atoms with Crippen molar-refractivity contribution in [1.82, 2.24) is 9.97 Å². The van der Waals surface area contributed by atoms with Crippen molar-refractivity contribution in [2.24, 2.45) is 0 Å². The van der Waals surface area contributed by atoms with Gasteiger partial charge in [0, 0.05) is 11.8 Å². The van der Waals surface area contributed by atoms with E-state index in [9.17, 15) is 4.79 Å². The Balaban J connectivity index is 1.48. The van der Waals surface area contributed by atoms with Gasteiger partial charge in [0.2, 0.25) is 5.95 Å². The lowest BCUT2D eigenvalue weighted by molar-refractivity contribution is 0.102. The average Bonchev–Trinajstić information content (AvgIpc) is 2.74. The van der Waals surface area contributed by atoms with E-state index in [0.717, 1.165) is 16.3 Å². The van der Waals surface area contributed by atoms with Crippen LogP contribution in [0.15, 0.2) is 85.1 Å². The van der Waals surface area contributed by atoms with E-state index in [1.54, 1.807) is 12.3 Å². The molecule has 0 radical (unpaired) electrons. The summed E-state index contributed by atoms with van der Waals surface area (Å²) in [4.78, 5) is 21.3. The summed E-state index contributed by atoms with van der Waals surface area (Å²) < 4.78 is 0. The number of benzene rings is 3. The highest BCUT2D eigenvalue weighted by Crippen LogP contribution is 2.19. The van der Waals surface area contributed by atoms with Crippen molar-refractivity contribution in [3.8, 4) is 0 Å². The summed E-state index contributed by atoms with van der Waals surface area (Å²) in [5.41, 5.74) is 1.72. The molecule has 2 N–H and O–H groups in total. The molecule has 1 atom stereocenters. The van der Waals surface area contributed by atoms with Gasteiger partial charge in [0.15, 0.2) is 0 Å². The van der Waals surface area contributed by atoms with Gasteiger partial charge < -0.3 is 10.6 Å². The zero-order chi connectivity index (χ0) is 19.3. The minimum absolute atomic E-state index is 0.0487. The molecule has 138 valence electrons. The molecule has 0 spiro atoms. The highest BCUT2D eigenvalue weighted by molar-refractivity contribution is 6.06. The number of nitrogens with one attached hydrogen (secondary N) is 2. The quantitative estimate of drug-likeness (QED) is 0.517. The highest BCUT2D eigenvalue weighted by Gasteiger charge is 2.10. The molecule has 0 saturated carbocycles. The zero-order valence-electron chi connectivity index (χ0n) is 15.5. The molecule has 0 aliphatic carbocycles. The smallest absolute Gasteiger partial charge is 0.256 e. The van der Waals surface area contributed by atoms with Gasteiger partial charge in [-0.1, -0.05) is 60.7 Å². The number of hydrogen-bond acceptors (Lipinski definition) is 4. The van der Waals surface area contributed by atoms with Gasteiger partial charge in [-0.2, -0.15) is 4.98 Å². The monoisotopic (exact) mass is 368 g/mol. The molecule has 0 fully saturated rings. The van der Waals surface area contributed by atoms with E-state index in [0.29, 0.717) is 17.3 Å².